The third-order valence-corrected chi connectivity index (χ3v) is 4.59. The zero-order chi connectivity index (χ0) is 18.8. The monoisotopic (exact) mass is 361 g/mol. The lowest BCUT2D eigenvalue weighted by Gasteiger charge is -2.26. The lowest BCUT2D eigenvalue weighted by molar-refractivity contribution is -0.116. The molecule has 1 aliphatic rings. The summed E-state index contributed by atoms with van der Waals surface area (Å²) in [6, 6.07) is 16.8. The molecule has 1 aromatic heterocycles. The van der Waals surface area contributed by atoms with E-state index in [2.05, 4.69) is 15.3 Å². The zero-order valence-corrected chi connectivity index (χ0v) is 14.9. The van der Waals surface area contributed by atoms with Crippen LogP contribution < -0.4 is 15.6 Å². The summed E-state index contributed by atoms with van der Waals surface area (Å²) in [5.41, 5.74) is 1.80. The first-order valence-electron chi connectivity index (χ1n) is 8.88. The van der Waals surface area contributed by atoms with Gasteiger partial charge >= 0.3 is 0 Å². The molecule has 0 saturated carbocycles. The van der Waals surface area contributed by atoms with E-state index in [4.69, 9.17) is 4.74 Å². The predicted octanol–water partition coefficient (Wildman–Crippen LogP) is 3.31. The molecule has 1 amide bonds. The Morgan fingerprint density at radius 3 is 2.59 bits per heavy atom. The SMILES string of the molecule is CCOc1ccccc1[C@@H]1CC(=O)Nc2nc(-c3ccccc3)[nH]c(=O)c21. The van der Waals surface area contributed by atoms with E-state index in [0.29, 0.717) is 29.6 Å². The molecule has 1 atom stereocenters. The van der Waals surface area contributed by atoms with Crippen molar-refractivity contribution in [3.8, 4) is 17.1 Å². The number of carbonyl (C=O) groups is 1. The summed E-state index contributed by atoms with van der Waals surface area (Å²) in [6.45, 7) is 2.41. The Balaban J connectivity index is 1.86. The highest BCUT2D eigenvalue weighted by Gasteiger charge is 2.32. The van der Waals surface area contributed by atoms with Crippen molar-refractivity contribution < 1.29 is 9.53 Å². The molecule has 0 aliphatic carbocycles. The number of para-hydroxylation sites is 1. The van der Waals surface area contributed by atoms with E-state index in [1.54, 1.807) is 0 Å². The van der Waals surface area contributed by atoms with E-state index < -0.39 is 5.92 Å². The number of amides is 1. The summed E-state index contributed by atoms with van der Waals surface area (Å²) in [5, 5.41) is 2.75. The van der Waals surface area contributed by atoms with E-state index >= 15 is 0 Å². The average molecular weight is 361 g/mol. The maximum absolute atomic E-state index is 12.9. The van der Waals surface area contributed by atoms with Gasteiger partial charge in [-0.05, 0) is 13.0 Å². The number of hydrogen-bond donors (Lipinski definition) is 2. The summed E-state index contributed by atoms with van der Waals surface area (Å²) in [7, 11) is 0. The van der Waals surface area contributed by atoms with E-state index in [0.717, 1.165) is 11.1 Å². The van der Waals surface area contributed by atoms with Crippen molar-refractivity contribution in [1.82, 2.24) is 9.97 Å². The Labute approximate surface area is 156 Å². The van der Waals surface area contributed by atoms with Crippen molar-refractivity contribution in [2.75, 3.05) is 11.9 Å². The fourth-order valence-corrected chi connectivity index (χ4v) is 3.43. The number of rotatable bonds is 4. The van der Waals surface area contributed by atoms with Crippen molar-refractivity contribution >= 4 is 11.7 Å². The number of anilines is 1. The van der Waals surface area contributed by atoms with Crippen LogP contribution in [0.3, 0.4) is 0 Å². The van der Waals surface area contributed by atoms with Crippen LogP contribution in [0, 0.1) is 0 Å². The number of hydrogen-bond acceptors (Lipinski definition) is 4. The smallest absolute Gasteiger partial charge is 0.257 e. The van der Waals surface area contributed by atoms with Crippen molar-refractivity contribution in [3.05, 3.63) is 76.1 Å². The van der Waals surface area contributed by atoms with E-state index in [9.17, 15) is 9.59 Å². The van der Waals surface area contributed by atoms with Crippen molar-refractivity contribution in [1.29, 1.82) is 0 Å². The molecular formula is C21H19N3O3. The second kappa shape index (κ2) is 7.07. The molecule has 6 nitrogen and oxygen atoms in total. The molecule has 4 rings (SSSR count). The largest absolute Gasteiger partial charge is 0.494 e. The van der Waals surface area contributed by atoms with Gasteiger partial charge in [0.15, 0.2) is 0 Å². The fourth-order valence-electron chi connectivity index (χ4n) is 3.43. The normalized spacial score (nSPS) is 15.7. The Hall–Kier alpha value is -3.41. The molecule has 6 heteroatoms. The highest BCUT2D eigenvalue weighted by molar-refractivity contribution is 5.94. The number of fused-ring (bicyclic) bond motifs is 1. The van der Waals surface area contributed by atoms with Gasteiger partial charge in [-0.15, -0.1) is 0 Å². The maximum Gasteiger partial charge on any atom is 0.257 e. The molecule has 3 aromatic rings. The van der Waals surface area contributed by atoms with Crippen molar-refractivity contribution in [2.24, 2.45) is 0 Å². The highest BCUT2D eigenvalue weighted by atomic mass is 16.5. The molecule has 2 N–H and O–H groups in total. The first kappa shape index (κ1) is 17.0. The predicted molar refractivity (Wildman–Crippen MR) is 103 cm³/mol. The fraction of sp³-hybridized carbons (Fsp3) is 0.190. The number of ether oxygens (including phenoxy) is 1. The van der Waals surface area contributed by atoms with Gasteiger partial charge in [0, 0.05) is 23.5 Å². The Kier molecular flexibility index (Phi) is 4.46. The number of aromatic amines is 1. The summed E-state index contributed by atoms with van der Waals surface area (Å²) >= 11 is 0. The van der Waals surface area contributed by atoms with Gasteiger partial charge < -0.3 is 15.0 Å². The lowest BCUT2D eigenvalue weighted by Crippen LogP contribution is -2.31. The van der Waals surface area contributed by atoms with Crippen LogP contribution >= 0.6 is 0 Å². The molecule has 0 fully saturated rings. The number of nitrogens with one attached hydrogen (secondary N) is 2. The second-order valence-electron chi connectivity index (χ2n) is 6.32. The first-order chi connectivity index (χ1) is 13.2. The molecular weight excluding hydrogens is 342 g/mol. The molecule has 27 heavy (non-hydrogen) atoms. The number of nitrogens with zero attached hydrogens (tertiary/aromatic N) is 1. The number of H-pyrrole nitrogens is 1. The third kappa shape index (κ3) is 3.21. The molecule has 0 bridgehead atoms. The van der Waals surface area contributed by atoms with Crippen LogP contribution in [0.1, 0.15) is 30.4 Å². The van der Waals surface area contributed by atoms with Crippen LogP contribution in [-0.4, -0.2) is 22.5 Å². The maximum atomic E-state index is 12.9. The molecule has 0 unspecified atom stereocenters. The minimum atomic E-state index is -0.405. The van der Waals surface area contributed by atoms with Gasteiger partial charge in [0.2, 0.25) is 5.91 Å². The van der Waals surface area contributed by atoms with Crippen LogP contribution in [0.4, 0.5) is 5.82 Å². The van der Waals surface area contributed by atoms with Crippen LogP contribution in [0.2, 0.25) is 0 Å². The van der Waals surface area contributed by atoms with Crippen LogP contribution in [0.15, 0.2) is 59.4 Å². The third-order valence-electron chi connectivity index (χ3n) is 4.59. The average Bonchev–Trinajstić information content (AvgIpc) is 2.68. The lowest BCUT2D eigenvalue weighted by atomic mass is 9.86. The van der Waals surface area contributed by atoms with Gasteiger partial charge in [-0.25, -0.2) is 4.98 Å². The molecule has 1 aliphatic heterocycles. The Bertz CT molecular complexity index is 1040. The zero-order valence-electron chi connectivity index (χ0n) is 14.9. The van der Waals surface area contributed by atoms with Crippen molar-refractivity contribution in [2.45, 2.75) is 19.3 Å². The van der Waals surface area contributed by atoms with Gasteiger partial charge in [-0.1, -0.05) is 48.5 Å². The molecule has 0 spiro atoms. The van der Waals surface area contributed by atoms with Gasteiger partial charge in [-0.2, -0.15) is 0 Å². The van der Waals surface area contributed by atoms with Crippen LogP contribution in [0.25, 0.3) is 11.4 Å². The number of carbonyl (C=O) groups excluding carboxylic acids is 1. The topological polar surface area (TPSA) is 84.1 Å². The molecule has 0 saturated heterocycles. The van der Waals surface area contributed by atoms with Crippen molar-refractivity contribution in [3.63, 3.8) is 0 Å². The van der Waals surface area contributed by atoms with E-state index in [1.807, 2.05) is 61.5 Å². The van der Waals surface area contributed by atoms with Gasteiger partial charge in [0.1, 0.15) is 17.4 Å². The summed E-state index contributed by atoms with van der Waals surface area (Å²) < 4.78 is 5.71. The minimum absolute atomic E-state index is 0.170. The molecule has 2 aromatic carbocycles. The number of aromatic nitrogens is 2. The molecule has 0 radical (unpaired) electrons. The minimum Gasteiger partial charge on any atom is -0.494 e. The van der Waals surface area contributed by atoms with Crippen LogP contribution in [0.5, 0.6) is 5.75 Å². The quantitative estimate of drug-likeness (QED) is 0.747. The van der Waals surface area contributed by atoms with Gasteiger partial charge in [0.25, 0.3) is 5.56 Å². The Morgan fingerprint density at radius 2 is 1.81 bits per heavy atom. The summed E-state index contributed by atoms with van der Waals surface area (Å²) in [4.78, 5) is 32.6. The highest BCUT2D eigenvalue weighted by Crippen LogP contribution is 2.38. The van der Waals surface area contributed by atoms with E-state index in [-0.39, 0.29) is 17.9 Å². The summed E-state index contributed by atoms with van der Waals surface area (Å²) in [5.74, 6) is 0.842. The molecule has 2 heterocycles. The number of benzene rings is 2. The summed E-state index contributed by atoms with van der Waals surface area (Å²) in [6.07, 6.45) is 0.173. The first-order valence-corrected chi connectivity index (χ1v) is 8.88. The standard InChI is InChI=1S/C21H19N3O3/c1-2-27-16-11-7-6-10-14(16)15-12-17(25)22-20-18(15)21(26)24-19(23-20)13-8-4-3-5-9-13/h3-11,15H,2,12H2,1H3,(H2,22,23,24,25,26)/t15-/m0/s1. The molecule has 136 valence electrons. The van der Waals surface area contributed by atoms with E-state index in [1.165, 1.54) is 0 Å². The van der Waals surface area contributed by atoms with Gasteiger partial charge in [-0.3, -0.25) is 9.59 Å². The van der Waals surface area contributed by atoms with Gasteiger partial charge in [0.05, 0.1) is 12.2 Å². The Morgan fingerprint density at radius 1 is 1.07 bits per heavy atom. The second-order valence-corrected chi connectivity index (χ2v) is 6.32. The van der Waals surface area contributed by atoms with Crippen LogP contribution in [-0.2, 0) is 4.79 Å².